The Bertz CT molecular complexity index is 1100. The fourth-order valence-electron chi connectivity index (χ4n) is 4.46. The molecular weight excluding hydrogens is 432 g/mol. The van der Waals surface area contributed by atoms with E-state index >= 15 is 0 Å². The van der Waals surface area contributed by atoms with Gasteiger partial charge < -0.3 is 20.1 Å². The summed E-state index contributed by atoms with van der Waals surface area (Å²) in [7, 11) is 0. The first kappa shape index (κ1) is 23.4. The van der Waals surface area contributed by atoms with Gasteiger partial charge in [0.05, 0.1) is 6.42 Å². The first-order valence-corrected chi connectivity index (χ1v) is 11.5. The molecule has 0 aromatic heterocycles. The monoisotopic (exact) mass is 460 g/mol. The maximum absolute atomic E-state index is 13.2. The first-order valence-electron chi connectivity index (χ1n) is 11.5. The number of hydrogen-bond donors (Lipinski definition) is 2. The summed E-state index contributed by atoms with van der Waals surface area (Å²) >= 11 is 0. The number of amides is 2. The predicted octanol–water partition coefficient (Wildman–Crippen LogP) is 3.77. The van der Waals surface area contributed by atoms with Crippen molar-refractivity contribution in [1.82, 2.24) is 10.2 Å². The summed E-state index contributed by atoms with van der Waals surface area (Å²) in [5.74, 6) is 4.24. The number of carboxylic acid groups (broad SMARTS) is 1. The van der Waals surface area contributed by atoms with Gasteiger partial charge in [-0.15, -0.1) is 11.8 Å². The van der Waals surface area contributed by atoms with Crippen molar-refractivity contribution in [3.8, 4) is 23.0 Å². The van der Waals surface area contributed by atoms with E-state index in [0.29, 0.717) is 0 Å². The minimum absolute atomic E-state index is 0.0215. The third kappa shape index (κ3) is 5.23. The van der Waals surface area contributed by atoms with Gasteiger partial charge in [-0.1, -0.05) is 48.5 Å². The van der Waals surface area contributed by atoms with Crippen LogP contribution in [0.25, 0.3) is 11.1 Å². The fraction of sp³-hybridized carbons (Fsp3) is 0.370. The highest BCUT2D eigenvalue weighted by Gasteiger charge is 2.37. The van der Waals surface area contributed by atoms with Crippen LogP contribution in [0.2, 0.25) is 0 Å². The molecule has 2 aliphatic rings. The van der Waals surface area contributed by atoms with E-state index in [4.69, 9.17) is 9.84 Å². The zero-order valence-corrected chi connectivity index (χ0v) is 19.1. The molecule has 1 saturated carbocycles. The molecule has 1 unspecified atom stereocenters. The van der Waals surface area contributed by atoms with Crippen molar-refractivity contribution in [2.24, 2.45) is 0 Å². The number of carboxylic acids is 1. The molecule has 7 heteroatoms. The third-order valence-electron chi connectivity index (χ3n) is 6.25. The number of carbonyl (C=O) groups is 3. The van der Waals surface area contributed by atoms with Gasteiger partial charge in [0.2, 0.25) is 5.91 Å². The van der Waals surface area contributed by atoms with E-state index in [0.717, 1.165) is 35.1 Å². The van der Waals surface area contributed by atoms with Gasteiger partial charge in [0.25, 0.3) is 0 Å². The molecule has 176 valence electrons. The average molecular weight is 461 g/mol. The van der Waals surface area contributed by atoms with Crippen LogP contribution in [0.4, 0.5) is 4.79 Å². The normalized spacial score (nSPS) is 14.7. The quantitative estimate of drug-likeness (QED) is 0.556. The van der Waals surface area contributed by atoms with Gasteiger partial charge in [-0.2, -0.15) is 0 Å². The van der Waals surface area contributed by atoms with E-state index in [9.17, 15) is 14.4 Å². The summed E-state index contributed by atoms with van der Waals surface area (Å²) in [5.41, 5.74) is 4.48. The van der Waals surface area contributed by atoms with E-state index in [1.807, 2.05) is 36.4 Å². The van der Waals surface area contributed by atoms with Gasteiger partial charge in [-0.25, -0.2) is 4.79 Å². The smallest absolute Gasteiger partial charge is 0.407 e. The Balaban J connectivity index is 1.43. The van der Waals surface area contributed by atoms with Gasteiger partial charge in [0.15, 0.2) is 0 Å². The minimum Gasteiger partial charge on any atom is -0.481 e. The molecule has 2 aliphatic carbocycles. The van der Waals surface area contributed by atoms with Crippen LogP contribution in [0.3, 0.4) is 0 Å². The number of ether oxygens (including phenoxy) is 1. The molecule has 7 nitrogen and oxygen atoms in total. The SMILES string of the molecule is CC#CCC(NC(=O)OCC1c2ccccc2-c2ccccc21)C(=O)N(CCC(=O)O)C1CC1. The molecule has 0 radical (unpaired) electrons. The predicted molar refractivity (Wildman–Crippen MR) is 127 cm³/mol. The molecule has 0 heterocycles. The standard InChI is InChI=1S/C27H28N2O5/c1-2-3-12-24(26(32)29(18-13-14-18)16-15-25(30)31)28-27(33)34-17-23-21-10-6-4-8-19(21)20-9-5-7-11-22(20)23/h4-11,18,23-24H,12-17H2,1H3,(H,28,33)(H,30,31). The van der Waals surface area contributed by atoms with Gasteiger partial charge in [-0.05, 0) is 42.0 Å². The Morgan fingerprint density at radius 1 is 1.09 bits per heavy atom. The summed E-state index contributed by atoms with van der Waals surface area (Å²) < 4.78 is 5.59. The summed E-state index contributed by atoms with van der Waals surface area (Å²) in [6, 6.07) is 15.3. The fourth-order valence-corrected chi connectivity index (χ4v) is 4.46. The van der Waals surface area contributed by atoms with Crippen molar-refractivity contribution < 1.29 is 24.2 Å². The maximum Gasteiger partial charge on any atom is 0.407 e. The van der Waals surface area contributed by atoms with Crippen LogP contribution in [0.5, 0.6) is 0 Å². The average Bonchev–Trinajstić information content (AvgIpc) is 3.62. The van der Waals surface area contributed by atoms with Crippen LogP contribution in [0, 0.1) is 11.8 Å². The molecule has 0 aliphatic heterocycles. The molecule has 4 rings (SSSR count). The van der Waals surface area contributed by atoms with Crippen molar-refractivity contribution in [2.45, 2.75) is 50.6 Å². The number of nitrogens with one attached hydrogen (secondary N) is 1. The van der Waals surface area contributed by atoms with Crippen molar-refractivity contribution in [3.05, 3.63) is 59.7 Å². The van der Waals surface area contributed by atoms with Crippen LogP contribution >= 0.6 is 0 Å². The molecule has 2 N–H and O–H groups in total. The zero-order valence-electron chi connectivity index (χ0n) is 19.1. The lowest BCUT2D eigenvalue weighted by atomic mass is 9.98. The summed E-state index contributed by atoms with van der Waals surface area (Å²) in [5, 5.41) is 11.7. The number of rotatable bonds is 9. The van der Waals surface area contributed by atoms with Crippen LogP contribution in [-0.4, -0.2) is 53.2 Å². The van der Waals surface area contributed by atoms with Crippen LogP contribution in [0.15, 0.2) is 48.5 Å². The molecular formula is C27H28N2O5. The Kier molecular flexibility index (Phi) is 7.17. The molecule has 2 amide bonds. The van der Waals surface area contributed by atoms with Gasteiger partial charge in [0.1, 0.15) is 12.6 Å². The number of alkyl carbamates (subject to hydrolysis) is 1. The highest BCUT2D eigenvalue weighted by Crippen LogP contribution is 2.44. The minimum atomic E-state index is -0.965. The van der Waals surface area contributed by atoms with Crippen molar-refractivity contribution in [2.75, 3.05) is 13.2 Å². The lowest BCUT2D eigenvalue weighted by Gasteiger charge is -2.26. The van der Waals surface area contributed by atoms with E-state index in [-0.39, 0.29) is 43.9 Å². The summed E-state index contributed by atoms with van der Waals surface area (Å²) in [6.45, 7) is 1.92. The second-order valence-electron chi connectivity index (χ2n) is 8.56. The summed E-state index contributed by atoms with van der Waals surface area (Å²) in [6.07, 6.45) is 0.979. The Morgan fingerprint density at radius 3 is 2.26 bits per heavy atom. The Morgan fingerprint density at radius 2 is 1.71 bits per heavy atom. The number of aliphatic carboxylic acids is 1. The van der Waals surface area contributed by atoms with Crippen molar-refractivity contribution in [1.29, 1.82) is 0 Å². The van der Waals surface area contributed by atoms with Crippen LogP contribution < -0.4 is 5.32 Å². The highest BCUT2D eigenvalue weighted by atomic mass is 16.5. The maximum atomic E-state index is 13.2. The molecule has 0 saturated heterocycles. The second-order valence-corrected chi connectivity index (χ2v) is 8.56. The van der Waals surface area contributed by atoms with Crippen molar-refractivity contribution in [3.63, 3.8) is 0 Å². The molecule has 0 spiro atoms. The van der Waals surface area contributed by atoms with E-state index in [1.165, 1.54) is 0 Å². The zero-order chi connectivity index (χ0) is 24.1. The van der Waals surface area contributed by atoms with Gasteiger partial charge in [-0.3, -0.25) is 9.59 Å². The molecule has 0 bridgehead atoms. The lowest BCUT2D eigenvalue weighted by molar-refractivity contribution is -0.139. The van der Waals surface area contributed by atoms with Crippen LogP contribution in [-0.2, 0) is 14.3 Å². The Labute approximate surface area is 199 Å². The van der Waals surface area contributed by atoms with E-state index in [2.05, 4.69) is 29.3 Å². The van der Waals surface area contributed by atoms with Crippen molar-refractivity contribution >= 4 is 18.0 Å². The molecule has 1 atom stereocenters. The van der Waals surface area contributed by atoms with E-state index in [1.54, 1.807) is 11.8 Å². The lowest BCUT2D eigenvalue weighted by Crippen LogP contribution is -2.50. The second kappa shape index (κ2) is 10.4. The number of benzene rings is 2. The number of nitrogens with zero attached hydrogens (tertiary/aromatic N) is 1. The first-order chi connectivity index (χ1) is 16.5. The number of hydrogen-bond acceptors (Lipinski definition) is 4. The molecule has 2 aromatic carbocycles. The number of fused-ring (bicyclic) bond motifs is 3. The largest absolute Gasteiger partial charge is 0.481 e. The Hall–Kier alpha value is -3.79. The highest BCUT2D eigenvalue weighted by molar-refractivity contribution is 5.87. The number of carbonyl (C=O) groups excluding carboxylic acids is 2. The third-order valence-corrected chi connectivity index (χ3v) is 6.25. The van der Waals surface area contributed by atoms with E-state index < -0.39 is 18.1 Å². The topological polar surface area (TPSA) is 95.9 Å². The molecule has 2 aromatic rings. The summed E-state index contributed by atoms with van der Waals surface area (Å²) in [4.78, 5) is 38.5. The molecule has 34 heavy (non-hydrogen) atoms. The van der Waals surface area contributed by atoms with Crippen LogP contribution in [0.1, 0.15) is 49.7 Å². The molecule has 1 fully saturated rings. The van der Waals surface area contributed by atoms with Gasteiger partial charge >= 0.3 is 12.1 Å². The van der Waals surface area contributed by atoms with Gasteiger partial charge in [0, 0.05) is 24.9 Å².